The van der Waals surface area contributed by atoms with E-state index in [-0.39, 0.29) is 37.9 Å². The summed E-state index contributed by atoms with van der Waals surface area (Å²) >= 11 is 5.82. The van der Waals surface area contributed by atoms with Gasteiger partial charge in [0.1, 0.15) is 6.23 Å². The maximum Gasteiger partial charge on any atom is 0.309 e. The molecule has 0 bridgehead atoms. The molecule has 4 rings (SSSR count). The summed E-state index contributed by atoms with van der Waals surface area (Å²) in [4.78, 5) is 24.3. The Morgan fingerprint density at radius 2 is 1.75 bits per heavy atom. The summed E-state index contributed by atoms with van der Waals surface area (Å²) in [5.74, 6) is -0.563. The molecule has 0 spiro atoms. The summed E-state index contributed by atoms with van der Waals surface area (Å²) in [6.07, 6.45) is -0.929. The molecule has 0 radical (unpaired) electrons. The summed E-state index contributed by atoms with van der Waals surface area (Å²) < 4.78 is 42.8. The quantitative estimate of drug-likeness (QED) is 0.586. The van der Waals surface area contributed by atoms with E-state index in [0.717, 1.165) is 9.87 Å². The highest BCUT2D eigenvalue weighted by molar-refractivity contribution is 7.89. The second-order valence-electron chi connectivity index (χ2n) is 6.98. The zero-order valence-corrected chi connectivity index (χ0v) is 18.3. The van der Waals surface area contributed by atoms with Crippen molar-refractivity contribution in [3.63, 3.8) is 0 Å². The largest absolute Gasteiger partial charge is 0.454 e. The number of fused-ring (bicyclic) bond motifs is 1. The molecule has 2 N–H and O–H groups in total. The van der Waals surface area contributed by atoms with Crippen LogP contribution in [0.25, 0.3) is 0 Å². The maximum atomic E-state index is 12.9. The Bertz CT molecular complexity index is 1120. The summed E-state index contributed by atoms with van der Waals surface area (Å²) in [5, 5.41) is 5.34. The third kappa shape index (κ3) is 4.80. The topological polar surface area (TPSA) is 123 Å². The van der Waals surface area contributed by atoms with Crippen LogP contribution in [0.3, 0.4) is 0 Å². The molecule has 32 heavy (non-hydrogen) atoms. The zero-order chi connectivity index (χ0) is 22.7. The lowest BCUT2D eigenvalue weighted by atomic mass is 10.2. The molecule has 2 heterocycles. The Morgan fingerprint density at radius 1 is 1.03 bits per heavy atom. The molecule has 1 atom stereocenters. The minimum absolute atomic E-state index is 0.0604. The van der Waals surface area contributed by atoms with Crippen molar-refractivity contribution < 1.29 is 32.2 Å². The molecule has 12 heteroatoms. The van der Waals surface area contributed by atoms with Gasteiger partial charge in [0.25, 0.3) is 0 Å². The number of carbonyl (C=O) groups excluding carboxylic acids is 2. The fourth-order valence-corrected chi connectivity index (χ4v) is 4.89. The molecule has 1 fully saturated rings. The van der Waals surface area contributed by atoms with E-state index in [1.165, 1.54) is 24.3 Å². The zero-order valence-electron chi connectivity index (χ0n) is 16.7. The van der Waals surface area contributed by atoms with E-state index in [9.17, 15) is 18.0 Å². The van der Waals surface area contributed by atoms with E-state index in [1.807, 2.05) is 0 Å². The van der Waals surface area contributed by atoms with Crippen LogP contribution in [0.5, 0.6) is 11.5 Å². The lowest BCUT2D eigenvalue weighted by molar-refractivity contribution is -0.139. The van der Waals surface area contributed by atoms with E-state index in [4.69, 9.17) is 25.8 Å². The number of nitrogens with zero attached hydrogens (tertiary/aromatic N) is 1. The molecule has 2 aliphatic heterocycles. The molecule has 1 saturated heterocycles. The Balaban J connectivity index is 1.30. The van der Waals surface area contributed by atoms with Crippen LogP contribution in [0, 0.1) is 0 Å². The predicted molar refractivity (Wildman–Crippen MR) is 113 cm³/mol. The molecule has 0 aromatic heterocycles. The predicted octanol–water partition coefficient (Wildman–Crippen LogP) is 0.848. The molecule has 2 aliphatic rings. The smallest absolute Gasteiger partial charge is 0.309 e. The number of rotatable bonds is 6. The van der Waals surface area contributed by atoms with Gasteiger partial charge in [0, 0.05) is 18.1 Å². The highest BCUT2D eigenvalue weighted by Crippen LogP contribution is 2.32. The van der Waals surface area contributed by atoms with Crippen molar-refractivity contribution >= 4 is 33.4 Å². The molecule has 2 aromatic carbocycles. The second kappa shape index (κ2) is 9.33. The molecule has 170 valence electrons. The normalized spacial score (nSPS) is 17.8. The molecule has 2 aromatic rings. The van der Waals surface area contributed by atoms with Gasteiger partial charge in [0.15, 0.2) is 11.5 Å². The van der Waals surface area contributed by atoms with Crippen LogP contribution in [0.4, 0.5) is 0 Å². The summed E-state index contributed by atoms with van der Waals surface area (Å²) in [5.41, 5.74) is 0.731. The first kappa shape index (κ1) is 22.3. The lowest BCUT2D eigenvalue weighted by Crippen LogP contribution is -2.47. The minimum atomic E-state index is -3.85. The van der Waals surface area contributed by atoms with Gasteiger partial charge in [-0.25, -0.2) is 8.42 Å². The molecule has 0 unspecified atom stereocenters. The number of halogens is 1. The number of sulfonamides is 1. The highest BCUT2D eigenvalue weighted by Gasteiger charge is 2.36. The van der Waals surface area contributed by atoms with Gasteiger partial charge in [-0.1, -0.05) is 17.7 Å². The first-order valence-electron chi connectivity index (χ1n) is 9.68. The van der Waals surface area contributed by atoms with Crippen molar-refractivity contribution in [2.45, 2.75) is 17.7 Å². The van der Waals surface area contributed by atoms with E-state index < -0.39 is 28.1 Å². The van der Waals surface area contributed by atoms with Gasteiger partial charge in [-0.2, -0.15) is 4.31 Å². The number of hydrogen-bond acceptors (Lipinski definition) is 7. The number of ether oxygens (including phenoxy) is 3. The molecule has 0 saturated carbocycles. The van der Waals surface area contributed by atoms with Gasteiger partial charge < -0.3 is 24.8 Å². The first-order valence-corrected chi connectivity index (χ1v) is 11.5. The number of amides is 2. The van der Waals surface area contributed by atoms with Crippen molar-refractivity contribution in [2.75, 3.05) is 26.5 Å². The second-order valence-corrected chi connectivity index (χ2v) is 9.30. The number of nitrogens with one attached hydrogen (secondary N) is 2. The SMILES string of the molecule is O=C(NCc1ccc2c(c1)OCO2)C(=O)NC[C@@H]1OCCN1S(=O)(=O)c1ccc(Cl)cc1. The fraction of sp³-hybridized carbons (Fsp3) is 0.300. The van der Waals surface area contributed by atoms with Crippen LogP contribution in [-0.4, -0.2) is 57.3 Å². The maximum absolute atomic E-state index is 12.9. The Labute approximate surface area is 189 Å². The molecular formula is C20H20ClN3O7S. The van der Waals surface area contributed by atoms with Crippen molar-refractivity contribution in [1.29, 1.82) is 0 Å². The average molecular weight is 482 g/mol. The van der Waals surface area contributed by atoms with Crippen molar-refractivity contribution in [2.24, 2.45) is 0 Å². The van der Waals surface area contributed by atoms with E-state index in [1.54, 1.807) is 18.2 Å². The van der Waals surface area contributed by atoms with Crippen LogP contribution in [0.2, 0.25) is 5.02 Å². The van der Waals surface area contributed by atoms with Gasteiger partial charge in [-0.15, -0.1) is 0 Å². The Hall–Kier alpha value is -2.86. The highest BCUT2D eigenvalue weighted by atomic mass is 35.5. The third-order valence-corrected chi connectivity index (χ3v) is 7.05. The van der Waals surface area contributed by atoms with Crippen molar-refractivity contribution in [3.8, 4) is 11.5 Å². The Kier molecular flexibility index (Phi) is 6.51. The molecule has 2 amide bonds. The van der Waals surface area contributed by atoms with E-state index in [2.05, 4.69) is 10.6 Å². The molecular weight excluding hydrogens is 462 g/mol. The number of benzene rings is 2. The lowest BCUT2D eigenvalue weighted by Gasteiger charge is -2.22. The van der Waals surface area contributed by atoms with Crippen LogP contribution >= 0.6 is 11.6 Å². The third-order valence-electron chi connectivity index (χ3n) is 4.90. The van der Waals surface area contributed by atoms with Gasteiger partial charge >= 0.3 is 11.8 Å². The minimum Gasteiger partial charge on any atom is -0.454 e. The summed E-state index contributed by atoms with van der Waals surface area (Å²) in [6.45, 7) is 0.371. The van der Waals surface area contributed by atoms with E-state index in [0.29, 0.717) is 16.5 Å². The van der Waals surface area contributed by atoms with E-state index >= 15 is 0 Å². The van der Waals surface area contributed by atoms with Crippen molar-refractivity contribution in [1.82, 2.24) is 14.9 Å². The standard InChI is InChI=1S/C20H20ClN3O7S/c21-14-2-4-15(5-3-14)32(27,28)24-7-8-29-18(24)11-23-20(26)19(25)22-10-13-1-6-16-17(9-13)31-12-30-16/h1-6,9,18H,7-8,10-12H2,(H,22,25)(H,23,26)/t18-/m0/s1. The van der Waals surface area contributed by atoms with Crippen LogP contribution in [0.15, 0.2) is 47.4 Å². The summed E-state index contributed by atoms with van der Waals surface area (Å²) in [6, 6.07) is 10.9. The van der Waals surface area contributed by atoms with Crippen LogP contribution in [-0.2, 0) is 30.9 Å². The van der Waals surface area contributed by atoms with Crippen LogP contribution in [0.1, 0.15) is 5.56 Å². The summed E-state index contributed by atoms with van der Waals surface area (Å²) in [7, 11) is -3.85. The number of carbonyl (C=O) groups is 2. The molecule has 10 nitrogen and oxygen atoms in total. The van der Waals surface area contributed by atoms with Gasteiger partial charge in [0.05, 0.1) is 18.0 Å². The van der Waals surface area contributed by atoms with Gasteiger partial charge in [-0.05, 0) is 42.0 Å². The van der Waals surface area contributed by atoms with Crippen molar-refractivity contribution in [3.05, 3.63) is 53.1 Å². The average Bonchev–Trinajstić information content (AvgIpc) is 3.45. The van der Waals surface area contributed by atoms with Gasteiger partial charge in [-0.3, -0.25) is 9.59 Å². The number of hydrogen-bond donors (Lipinski definition) is 2. The Morgan fingerprint density at radius 3 is 2.53 bits per heavy atom. The fourth-order valence-electron chi connectivity index (χ4n) is 3.26. The monoisotopic (exact) mass is 481 g/mol. The molecule has 0 aliphatic carbocycles. The van der Waals surface area contributed by atoms with Gasteiger partial charge in [0.2, 0.25) is 16.8 Å². The first-order chi connectivity index (χ1) is 15.3. The van der Waals surface area contributed by atoms with Crippen LogP contribution < -0.4 is 20.1 Å².